The van der Waals surface area contributed by atoms with Crippen LogP contribution in [0.5, 0.6) is 5.75 Å². The van der Waals surface area contributed by atoms with Gasteiger partial charge >= 0.3 is 0 Å². The maximum atomic E-state index is 10.5. The van der Waals surface area contributed by atoms with E-state index >= 15 is 0 Å². The van der Waals surface area contributed by atoms with Gasteiger partial charge < -0.3 is 20.2 Å². The second-order valence-corrected chi connectivity index (χ2v) is 8.45. The molecule has 0 saturated carbocycles. The molecule has 0 radical (unpaired) electrons. The molecule has 3 N–H and O–H groups in total. The molecule has 3 heterocycles. The molecule has 9 heteroatoms. The van der Waals surface area contributed by atoms with Crippen LogP contribution in [0.3, 0.4) is 0 Å². The van der Waals surface area contributed by atoms with E-state index < -0.39 is 0 Å². The van der Waals surface area contributed by atoms with Gasteiger partial charge in [-0.15, -0.1) is 15.3 Å². The Labute approximate surface area is 175 Å². The average Bonchev–Trinajstić information content (AvgIpc) is 3.36. The standard InChI is InChI=1S/C21H24N8O/c1-21(2,3)25-14-7-8-29(12-14)20-23-11-17(26-28-20)15-6-5-13(9-18(15)30)16-10-24-27-19(16)22-4/h5-6,9-11,14,25,30H,7-8,12H2,1-3H3,(H,24,27). The number of aromatic hydroxyl groups is 1. The van der Waals surface area contributed by atoms with Gasteiger partial charge in [0.2, 0.25) is 5.95 Å². The number of rotatable bonds is 4. The average molecular weight is 404 g/mol. The minimum absolute atomic E-state index is 0.0455. The smallest absolute Gasteiger partial charge is 0.257 e. The summed E-state index contributed by atoms with van der Waals surface area (Å²) < 4.78 is 0. The molecule has 1 saturated heterocycles. The van der Waals surface area contributed by atoms with Crippen LogP contribution in [0.2, 0.25) is 0 Å². The predicted octanol–water partition coefficient (Wildman–Crippen LogP) is 3.15. The number of hydrogen-bond acceptors (Lipinski definition) is 7. The second-order valence-electron chi connectivity index (χ2n) is 8.45. The molecule has 4 rings (SSSR count). The normalized spacial score (nSPS) is 16.6. The van der Waals surface area contributed by atoms with Crippen molar-refractivity contribution in [2.45, 2.75) is 38.8 Å². The lowest BCUT2D eigenvalue weighted by Crippen LogP contribution is -2.45. The Bertz CT molecular complexity index is 1080. The Kier molecular flexibility index (Phi) is 5.10. The fraction of sp³-hybridized carbons (Fsp3) is 0.381. The maximum absolute atomic E-state index is 10.5. The molecule has 154 valence electrons. The zero-order valence-corrected chi connectivity index (χ0v) is 17.2. The van der Waals surface area contributed by atoms with E-state index in [2.05, 4.69) is 61.2 Å². The molecule has 1 aliphatic rings. The van der Waals surface area contributed by atoms with Crippen LogP contribution in [0.1, 0.15) is 27.2 Å². The molecule has 0 aliphatic carbocycles. The van der Waals surface area contributed by atoms with Crippen molar-refractivity contribution >= 4 is 11.8 Å². The maximum Gasteiger partial charge on any atom is 0.257 e. The summed E-state index contributed by atoms with van der Waals surface area (Å²) in [6, 6.07) is 5.55. The van der Waals surface area contributed by atoms with Gasteiger partial charge in [0, 0.05) is 35.8 Å². The van der Waals surface area contributed by atoms with Crippen molar-refractivity contribution in [3.8, 4) is 28.1 Å². The first-order valence-electron chi connectivity index (χ1n) is 9.81. The largest absolute Gasteiger partial charge is 0.507 e. The van der Waals surface area contributed by atoms with Crippen LogP contribution in [0.25, 0.3) is 27.2 Å². The first-order chi connectivity index (χ1) is 14.3. The lowest BCUT2D eigenvalue weighted by atomic mass is 10.0. The van der Waals surface area contributed by atoms with Crippen molar-refractivity contribution in [3.05, 3.63) is 42.0 Å². The SMILES string of the molecule is [C-]#[N+]c1[nH]ncc1-c1ccc(-c2cnc(N3CCC(NC(C)(C)C)C3)nn2)c(O)c1. The Morgan fingerprint density at radius 2 is 2.07 bits per heavy atom. The van der Waals surface area contributed by atoms with Crippen molar-refractivity contribution in [2.24, 2.45) is 0 Å². The molecule has 2 aromatic heterocycles. The first kappa shape index (κ1) is 19.8. The van der Waals surface area contributed by atoms with E-state index in [-0.39, 0.29) is 11.3 Å². The predicted molar refractivity (Wildman–Crippen MR) is 114 cm³/mol. The summed E-state index contributed by atoms with van der Waals surface area (Å²) in [6.07, 6.45) is 4.23. The van der Waals surface area contributed by atoms with Gasteiger partial charge in [-0.3, -0.25) is 0 Å². The lowest BCUT2D eigenvalue weighted by Gasteiger charge is -2.25. The summed E-state index contributed by atoms with van der Waals surface area (Å²) in [5.74, 6) is 0.968. The number of aromatic nitrogens is 5. The first-order valence-corrected chi connectivity index (χ1v) is 9.81. The second kappa shape index (κ2) is 7.72. The number of aromatic amines is 1. The van der Waals surface area contributed by atoms with E-state index in [1.165, 1.54) is 0 Å². The van der Waals surface area contributed by atoms with Gasteiger partial charge in [0.25, 0.3) is 5.82 Å². The molecule has 0 spiro atoms. The van der Waals surface area contributed by atoms with Gasteiger partial charge in [-0.05, 0) is 44.9 Å². The Balaban J connectivity index is 1.50. The van der Waals surface area contributed by atoms with E-state index in [0.29, 0.717) is 40.2 Å². The van der Waals surface area contributed by atoms with E-state index in [9.17, 15) is 5.11 Å². The van der Waals surface area contributed by atoms with Crippen LogP contribution in [0, 0.1) is 6.57 Å². The Morgan fingerprint density at radius 1 is 1.23 bits per heavy atom. The van der Waals surface area contributed by atoms with Crippen LogP contribution >= 0.6 is 0 Å². The molecular weight excluding hydrogens is 380 g/mol. The summed E-state index contributed by atoms with van der Waals surface area (Å²) in [4.78, 5) is 9.98. The number of phenols is 1. The fourth-order valence-corrected chi connectivity index (χ4v) is 3.70. The zero-order chi connectivity index (χ0) is 21.3. The van der Waals surface area contributed by atoms with Gasteiger partial charge in [0.05, 0.1) is 12.4 Å². The van der Waals surface area contributed by atoms with E-state index in [4.69, 9.17) is 6.57 Å². The third-order valence-electron chi connectivity index (χ3n) is 4.97. The van der Waals surface area contributed by atoms with Crippen molar-refractivity contribution < 1.29 is 5.11 Å². The zero-order valence-electron chi connectivity index (χ0n) is 17.2. The van der Waals surface area contributed by atoms with Crippen molar-refractivity contribution in [1.29, 1.82) is 0 Å². The number of anilines is 1. The van der Waals surface area contributed by atoms with E-state index in [0.717, 1.165) is 19.5 Å². The summed E-state index contributed by atoms with van der Waals surface area (Å²) in [5, 5.41) is 29.2. The molecular formula is C21H24N8O. The lowest BCUT2D eigenvalue weighted by molar-refractivity contribution is 0.373. The van der Waals surface area contributed by atoms with Crippen LogP contribution in [-0.2, 0) is 0 Å². The topological polar surface area (TPSA) is 107 Å². The summed E-state index contributed by atoms with van der Waals surface area (Å²) in [6.45, 7) is 15.4. The van der Waals surface area contributed by atoms with Gasteiger partial charge in [-0.25, -0.2) is 10.1 Å². The molecule has 1 aromatic carbocycles. The summed E-state index contributed by atoms with van der Waals surface area (Å²) in [5.41, 5.74) is 2.43. The molecule has 1 unspecified atom stereocenters. The molecule has 0 bridgehead atoms. The van der Waals surface area contributed by atoms with Crippen molar-refractivity contribution in [2.75, 3.05) is 18.0 Å². The molecule has 3 aromatic rings. The van der Waals surface area contributed by atoms with Gasteiger partial charge in [-0.1, -0.05) is 12.6 Å². The minimum Gasteiger partial charge on any atom is -0.507 e. The molecule has 9 nitrogen and oxygen atoms in total. The molecule has 1 atom stereocenters. The van der Waals surface area contributed by atoms with Gasteiger partial charge in [0.1, 0.15) is 11.4 Å². The van der Waals surface area contributed by atoms with Gasteiger partial charge in [0.15, 0.2) is 0 Å². The van der Waals surface area contributed by atoms with Crippen molar-refractivity contribution in [1.82, 2.24) is 30.7 Å². The number of nitrogens with one attached hydrogen (secondary N) is 2. The number of nitrogens with zero attached hydrogens (tertiary/aromatic N) is 6. The summed E-state index contributed by atoms with van der Waals surface area (Å²) >= 11 is 0. The highest BCUT2D eigenvalue weighted by Gasteiger charge is 2.27. The van der Waals surface area contributed by atoms with Crippen molar-refractivity contribution in [3.63, 3.8) is 0 Å². The van der Waals surface area contributed by atoms with E-state index in [1.54, 1.807) is 24.5 Å². The number of H-pyrrole nitrogens is 1. The van der Waals surface area contributed by atoms with Gasteiger partial charge in [-0.2, -0.15) is 0 Å². The fourth-order valence-electron chi connectivity index (χ4n) is 3.70. The third-order valence-corrected chi connectivity index (χ3v) is 4.97. The number of hydrogen-bond donors (Lipinski definition) is 3. The quantitative estimate of drug-likeness (QED) is 0.573. The molecule has 0 amide bonds. The van der Waals surface area contributed by atoms with Crippen LogP contribution < -0.4 is 10.2 Å². The molecule has 1 aliphatic heterocycles. The molecule has 1 fully saturated rings. The minimum atomic E-state index is 0.0455. The highest BCUT2D eigenvalue weighted by atomic mass is 16.3. The third kappa shape index (κ3) is 4.09. The summed E-state index contributed by atoms with van der Waals surface area (Å²) in [7, 11) is 0. The van der Waals surface area contributed by atoms with Crippen LogP contribution in [0.15, 0.2) is 30.6 Å². The molecule has 30 heavy (non-hydrogen) atoms. The Hall–Kier alpha value is -3.51. The monoisotopic (exact) mass is 404 g/mol. The number of phenolic OH excluding ortho intramolecular Hbond substituents is 1. The Morgan fingerprint density at radius 3 is 2.73 bits per heavy atom. The number of benzene rings is 1. The highest BCUT2D eigenvalue weighted by molar-refractivity contribution is 5.79. The van der Waals surface area contributed by atoms with Crippen LogP contribution in [-0.4, -0.2) is 55.2 Å². The van der Waals surface area contributed by atoms with Crippen LogP contribution in [0.4, 0.5) is 11.8 Å². The van der Waals surface area contributed by atoms with E-state index in [1.807, 2.05) is 6.07 Å². The highest BCUT2D eigenvalue weighted by Crippen LogP contribution is 2.35.